The molecule has 1 saturated heterocycles. The van der Waals surface area contributed by atoms with Crippen LogP contribution in [0.4, 0.5) is 0 Å². The topological polar surface area (TPSA) is 46.3 Å². The van der Waals surface area contributed by atoms with Crippen molar-refractivity contribution < 1.29 is 4.79 Å². The maximum atomic E-state index is 12.8. The van der Waals surface area contributed by atoms with Crippen molar-refractivity contribution in [1.29, 1.82) is 0 Å². The number of nitrogens with zero attached hydrogens (tertiary/aromatic N) is 1. The van der Waals surface area contributed by atoms with Gasteiger partial charge in [-0.25, -0.2) is 0 Å². The Morgan fingerprint density at radius 1 is 1.06 bits per heavy atom. The van der Waals surface area contributed by atoms with Crippen molar-refractivity contribution in [2.45, 2.75) is 57.4 Å². The van der Waals surface area contributed by atoms with E-state index < -0.39 is 0 Å². The van der Waals surface area contributed by atoms with Gasteiger partial charge in [-0.05, 0) is 56.9 Å². The molecular weight excluding hydrogens is 224 g/mol. The van der Waals surface area contributed by atoms with Crippen LogP contribution in [-0.2, 0) is 4.79 Å². The fourth-order valence-corrected chi connectivity index (χ4v) is 4.58. The second-order valence-electron chi connectivity index (χ2n) is 6.47. The Kier molecular flexibility index (Phi) is 3.60. The Labute approximate surface area is 110 Å². The molecule has 4 unspecified atom stereocenters. The lowest BCUT2D eigenvalue weighted by Crippen LogP contribution is -2.49. The highest BCUT2D eigenvalue weighted by molar-refractivity contribution is 5.80. The number of hydrogen-bond donors (Lipinski definition) is 1. The standard InChI is InChI=1S/C15H26N2O/c16-10-12-5-1-7-13(12)15(18)17-9-3-6-11-4-2-8-14(11)17/h11-14H,1-10,16H2. The number of rotatable bonds is 2. The molecule has 0 radical (unpaired) electrons. The molecule has 2 saturated carbocycles. The molecule has 18 heavy (non-hydrogen) atoms. The van der Waals surface area contributed by atoms with E-state index in [0.29, 0.717) is 24.4 Å². The van der Waals surface area contributed by atoms with E-state index in [-0.39, 0.29) is 5.92 Å². The molecule has 3 aliphatic rings. The lowest BCUT2D eigenvalue weighted by Gasteiger charge is -2.40. The molecule has 3 nitrogen and oxygen atoms in total. The number of hydrogen-bond acceptors (Lipinski definition) is 2. The highest BCUT2D eigenvalue weighted by Crippen LogP contribution is 2.40. The summed E-state index contributed by atoms with van der Waals surface area (Å²) in [5, 5.41) is 0. The third kappa shape index (κ3) is 2.07. The maximum absolute atomic E-state index is 12.8. The highest BCUT2D eigenvalue weighted by atomic mass is 16.2. The number of nitrogens with two attached hydrogens (primary N) is 1. The summed E-state index contributed by atoms with van der Waals surface area (Å²) in [4.78, 5) is 15.0. The van der Waals surface area contributed by atoms with Gasteiger partial charge in [0.1, 0.15) is 0 Å². The maximum Gasteiger partial charge on any atom is 0.226 e. The number of amides is 1. The fraction of sp³-hybridized carbons (Fsp3) is 0.933. The van der Waals surface area contributed by atoms with Crippen molar-refractivity contribution in [3.63, 3.8) is 0 Å². The first-order valence-corrected chi connectivity index (χ1v) is 7.82. The van der Waals surface area contributed by atoms with Crippen molar-refractivity contribution in [3.8, 4) is 0 Å². The van der Waals surface area contributed by atoms with Crippen molar-refractivity contribution >= 4 is 5.91 Å². The number of carbonyl (C=O) groups excluding carboxylic acids is 1. The molecule has 0 spiro atoms. The zero-order valence-electron chi connectivity index (χ0n) is 11.3. The Bertz CT molecular complexity index is 318. The molecule has 1 heterocycles. The lowest BCUT2D eigenvalue weighted by atomic mass is 9.88. The molecule has 3 fully saturated rings. The molecule has 0 aromatic carbocycles. The van der Waals surface area contributed by atoms with Crippen molar-refractivity contribution in [2.75, 3.05) is 13.1 Å². The van der Waals surface area contributed by atoms with E-state index in [1.165, 1.54) is 38.5 Å². The molecule has 0 bridgehead atoms. The van der Waals surface area contributed by atoms with Gasteiger partial charge < -0.3 is 10.6 Å². The summed E-state index contributed by atoms with van der Waals surface area (Å²) in [6, 6.07) is 0.574. The van der Waals surface area contributed by atoms with Gasteiger partial charge in [0.2, 0.25) is 5.91 Å². The normalized spacial score (nSPS) is 39.9. The van der Waals surface area contributed by atoms with Crippen molar-refractivity contribution in [2.24, 2.45) is 23.5 Å². The molecule has 2 aliphatic carbocycles. The zero-order valence-corrected chi connectivity index (χ0v) is 11.3. The summed E-state index contributed by atoms with van der Waals surface area (Å²) >= 11 is 0. The van der Waals surface area contributed by atoms with Gasteiger partial charge in [-0.1, -0.05) is 12.8 Å². The molecule has 2 N–H and O–H groups in total. The van der Waals surface area contributed by atoms with Gasteiger partial charge >= 0.3 is 0 Å². The predicted octanol–water partition coefficient (Wildman–Crippen LogP) is 2.15. The van der Waals surface area contributed by atoms with Crippen LogP contribution in [-0.4, -0.2) is 29.9 Å². The van der Waals surface area contributed by atoms with Gasteiger partial charge in [0.15, 0.2) is 0 Å². The molecule has 102 valence electrons. The van der Waals surface area contributed by atoms with Crippen LogP contribution in [0.3, 0.4) is 0 Å². The summed E-state index contributed by atoms with van der Waals surface area (Å²) in [7, 11) is 0. The SMILES string of the molecule is NCC1CCCC1C(=O)N1CCCC2CCCC21. The third-order valence-corrected chi connectivity index (χ3v) is 5.56. The summed E-state index contributed by atoms with van der Waals surface area (Å²) in [5.74, 6) is 1.95. The van der Waals surface area contributed by atoms with E-state index in [0.717, 1.165) is 25.3 Å². The summed E-state index contributed by atoms with van der Waals surface area (Å²) in [5.41, 5.74) is 5.83. The van der Waals surface area contributed by atoms with E-state index in [1.807, 2.05) is 0 Å². The van der Waals surface area contributed by atoms with Gasteiger partial charge in [-0.15, -0.1) is 0 Å². The molecular formula is C15H26N2O. The average molecular weight is 250 g/mol. The van der Waals surface area contributed by atoms with E-state index in [2.05, 4.69) is 4.90 Å². The zero-order chi connectivity index (χ0) is 12.5. The van der Waals surface area contributed by atoms with Crippen LogP contribution in [0.15, 0.2) is 0 Å². The molecule has 1 amide bonds. The molecule has 1 aliphatic heterocycles. The Balaban J connectivity index is 1.71. The van der Waals surface area contributed by atoms with E-state index in [4.69, 9.17) is 5.73 Å². The minimum atomic E-state index is 0.245. The van der Waals surface area contributed by atoms with E-state index in [1.54, 1.807) is 0 Å². The van der Waals surface area contributed by atoms with Gasteiger partial charge in [0, 0.05) is 18.5 Å². The van der Waals surface area contributed by atoms with Gasteiger partial charge in [-0.2, -0.15) is 0 Å². The second kappa shape index (κ2) is 5.20. The number of fused-ring (bicyclic) bond motifs is 1. The second-order valence-corrected chi connectivity index (χ2v) is 6.47. The number of piperidine rings is 1. The van der Waals surface area contributed by atoms with E-state index >= 15 is 0 Å². The fourth-order valence-electron chi connectivity index (χ4n) is 4.58. The third-order valence-electron chi connectivity index (χ3n) is 5.56. The van der Waals surface area contributed by atoms with Gasteiger partial charge in [0.05, 0.1) is 0 Å². The largest absolute Gasteiger partial charge is 0.339 e. The quantitative estimate of drug-likeness (QED) is 0.816. The first-order valence-electron chi connectivity index (χ1n) is 7.82. The van der Waals surface area contributed by atoms with Crippen LogP contribution >= 0.6 is 0 Å². The van der Waals surface area contributed by atoms with Crippen LogP contribution in [0.25, 0.3) is 0 Å². The minimum absolute atomic E-state index is 0.245. The van der Waals surface area contributed by atoms with Crippen molar-refractivity contribution in [1.82, 2.24) is 4.90 Å². The first-order chi connectivity index (χ1) is 8.81. The van der Waals surface area contributed by atoms with Crippen LogP contribution in [0.2, 0.25) is 0 Å². The Hall–Kier alpha value is -0.570. The molecule has 0 aromatic rings. The first kappa shape index (κ1) is 12.5. The van der Waals surface area contributed by atoms with Crippen LogP contribution < -0.4 is 5.73 Å². The molecule has 4 atom stereocenters. The lowest BCUT2D eigenvalue weighted by molar-refractivity contribution is -0.141. The summed E-state index contributed by atoms with van der Waals surface area (Å²) < 4.78 is 0. The average Bonchev–Trinajstić information content (AvgIpc) is 3.05. The summed E-state index contributed by atoms with van der Waals surface area (Å²) in [6.45, 7) is 1.70. The predicted molar refractivity (Wildman–Crippen MR) is 72.0 cm³/mol. The molecule has 3 heteroatoms. The monoisotopic (exact) mass is 250 g/mol. The Morgan fingerprint density at radius 3 is 2.67 bits per heavy atom. The summed E-state index contributed by atoms with van der Waals surface area (Å²) in [6.07, 6.45) is 9.91. The molecule has 3 rings (SSSR count). The van der Waals surface area contributed by atoms with E-state index in [9.17, 15) is 4.79 Å². The van der Waals surface area contributed by atoms with Crippen LogP contribution in [0.5, 0.6) is 0 Å². The number of carbonyl (C=O) groups is 1. The van der Waals surface area contributed by atoms with Crippen LogP contribution in [0, 0.1) is 17.8 Å². The molecule has 0 aromatic heterocycles. The highest BCUT2D eigenvalue weighted by Gasteiger charge is 2.41. The Morgan fingerprint density at radius 2 is 1.83 bits per heavy atom. The smallest absolute Gasteiger partial charge is 0.226 e. The van der Waals surface area contributed by atoms with Crippen LogP contribution in [0.1, 0.15) is 51.4 Å². The number of likely N-dealkylation sites (tertiary alicyclic amines) is 1. The minimum Gasteiger partial charge on any atom is -0.339 e. The van der Waals surface area contributed by atoms with Crippen molar-refractivity contribution in [3.05, 3.63) is 0 Å². The van der Waals surface area contributed by atoms with Gasteiger partial charge in [-0.3, -0.25) is 4.79 Å². The van der Waals surface area contributed by atoms with Gasteiger partial charge in [0.25, 0.3) is 0 Å².